The van der Waals surface area contributed by atoms with E-state index < -0.39 is 0 Å². The van der Waals surface area contributed by atoms with Crippen molar-refractivity contribution in [2.24, 2.45) is 0 Å². The van der Waals surface area contributed by atoms with Crippen LogP contribution in [-0.4, -0.2) is 35.2 Å². The van der Waals surface area contributed by atoms with E-state index in [4.69, 9.17) is 4.98 Å². The van der Waals surface area contributed by atoms with Gasteiger partial charge in [-0.05, 0) is 37.7 Å². The molecule has 0 aliphatic heterocycles. The maximum Gasteiger partial charge on any atom is 0.0758 e. The number of nitrogens with zero attached hydrogens (tertiary/aromatic N) is 2. The van der Waals surface area contributed by atoms with Crippen LogP contribution >= 0.6 is 0 Å². The van der Waals surface area contributed by atoms with E-state index in [-0.39, 0.29) is 12.6 Å². The molecular weight excluding hydrogens is 272 g/mol. The molecule has 1 N–H and O–H groups in total. The first-order valence-corrected chi connectivity index (χ1v) is 7.84. The van der Waals surface area contributed by atoms with Crippen molar-refractivity contribution in [2.75, 3.05) is 20.2 Å². The third kappa shape index (κ3) is 2.70. The molecule has 0 saturated heterocycles. The average molecular weight is 294 g/mol. The average Bonchev–Trinajstić information content (AvgIpc) is 2.54. The molecule has 1 unspecified atom stereocenters. The van der Waals surface area contributed by atoms with E-state index >= 15 is 0 Å². The number of aliphatic hydroxyl groups excluding tert-OH is 1. The van der Waals surface area contributed by atoms with Gasteiger partial charge >= 0.3 is 0 Å². The number of pyridine rings is 1. The number of hydrogen-bond donors (Lipinski definition) is 1. The molecule has 1 heterocycles. The first-order chi connectivity index (χ1) is 10.7. The van der Waals surface area contributed by atoms with Crippen molar-refractivity contribution in [1.29, 1.82) is 0 Å². The number of likely N-dealkylation sites (N-methyl/N-ethyl adjacent to an activating group) is 1. The topological polar surface area (TPSA) is 36.4 Å². The molecule has 3 rings (SSSR count). The Hall–Kier alpha value is -1.97. The van der Waals surface area contributed by atoms with Gasteiger partial charge in [0.15, 0.2) is 0 Å². The molecule has 3 nitrogen and oxygen atoms in total. The highest BCUT2D eigenvalue weighted by molar-refractivity contribution is 5.94. The highest BCUT2D eigenvalue weighted by Crippen LogP contribution is 2.28. The fraction of sp³-hybridized carbons (Fsp3) is 0.316. The molecule has 2 aromatic carbocycles. The van der Waals surface area contributed by atoms with Gasteiger partial charge in [0.05, 0.1) is 23.7 Å². The summed E-state index contributed by atoms with van der Waals surface area (Å²) in [5, 5.41) is 12.2. The first kappa shape index (κ1) is 14.9. The Morgan fingerprint density at radius 3 is 2.64 bits per heavy atom. The number of fused-ring (bicyclic) bond motifs is 2. The lowest BCUT2D eigenvalue weighted by Crippen LogP contribution is -2.28. The number of para-hydroxylation sites is 2. The summed E-state index contributed by atoms with van der Waals surface area (Å²) < 4.78 is 0. The highest BCUT2D eigenvalue weighted by Gasteiger charge is 2.18. The van der Waals surface area contributed by atoms with Crippen LogP contribution in [0.15, 0.2) is 48.5 Å². The third-order valence-corrected chi connectivity index (χ3v) is 4.22. The molecule has 3 heteroatoms. The van der Waals surface area contributed by atoms with Crippen LogP contribution in [0, 0.1) is 0 Å². The molecule has 22 heavy (non-hydrogen) atoms. The Bertz CT molecular complexity index is 785. The van der Waals surface area contributed by atoms with Crippen molar-refractivity contribution in [3.8, 4) is 0 Å². The largest absolute Gasteiger partial charge is 0.394 e. The minimum absolute atomic E-state index is 0.0164. The fourth-order valence-corrected chi connectivity index (χ4v) is 3.08. The molecule has 1 atom stereocenters. The lowest BCUT2D eigenvalue weighted by Gasteiger charge is -2.27. The summed E-state index contributed by atoms with van der Waals surface area (Å²) in [6.45, 7) is 3.21. The number of rotatable bonds is 5. The van der Waals surface area contributed by atoms with Crippen LogP contribution in [0.3, 0.4) is 0 Å². The Balaban J connectivity index is 2.18. The number of hydrogen-bond acceptors (Lipinski definition) is 3. The molecule has 0 fully saturated rings. The van der Waals surface area contributed by atoms with Gasteiger partial charge in [0, 0.05) is 10.8 Å². The lowest BCUT2D eigenvalue weighted by molar-refractivity contribution is 0.149. The van der Waals surface area contributed by atoms with Gasteiger partial charge in [-0.25, -0.2) is 4.98 Å². The van der Waals surface area contributed by atoms with Crippen molar-refractivity contribution in [3.63, 3.8) is 0 Å². The Morgan fingerprint density at radius 1 is 1.09 bits per heavy atom. The van der Waals surface area contributed by atoms with Gasteiger partial charge < -0.3 is 5.11 Å². The van der Waals surface area contributed by atoms with Gasteiger partial charge in [-0.2, -0.15) is 0 Å². The Labute approximate surface area is 131 Å². The maximum absolute atomic E-state index is 9.88. The predicted molar refractivity (Wildman–Crippen MR) is 92.0 cm³/mol. The van der Waals surface area contributed by atoms with Crippen LogP contribution in [0.25, 0.3) is 21.8 Å². The molecule has 3 aromatic rings. The van der Waals surface area contributed by atoms with E-state index in [2.05, 4.69) is 49.2 Å². The zero-order valence-electron chi connectivity index (χ0n) is 13.2. The van der Waals surface area contributed by atoms with Crippen LogP contribution in [0.1, 0.15) is 24.9 Å². The van der Waals surface area contributed by atoms with Crippen molar-refractivity contribution < 1.29 is 5.11 Å². The van der Waals surface area contributed by atoms with Gasteiger partial charge in [-0.15, -0.1) is 0 Å². The van der Waals surface area contributed by atoms with E-state index in [0.717, 1.165) is 40.3 Å². The molecule has 0 spiro atoms. The molecule has 114 valence electrons. The molecule has 0 aliphatic carbocycles. The standard InChI is InChI=1S/C19H22N2O/c1-3-11-21(2)18(13-22)16-9-6-8-15-12-14-7-4-5-10-17(14)20-19(15)16/h4-10,12,18,22H,3,11,13H2,1-2H3. The molecule has 0 bridgehead atoms. The van der Waals surface area contributed by atoms with Gasteiger partial charge in [0.25, 0.3) is 0 Å². The fourth-order valence-electron chi connectivity index (χ4n) is 3.08. The second-order valence-corrected chi connectivity index (χ2v) is 5.78. The van der Waals surface area contributed by atoms with Crippen molar-refractivity contribution in [3.05, 3.63) is 54.1 Å². The SMILES string of the molecule is CCCN(C)C(CO)c1cccc2cc3ccccc3nc12. The van der Waals surface area contributed by atoms with E-state index in [1.807, 2.05) is 18.2 Å². The third-order valence-electron chi connectivity index (χ3n) is 4.22. The van der Waals surface area contributed by atoms with E-state index in [1.54, 1.807) is 0 Å². The number of benzene rings is 2. The normalized spacial score (nSPS) is 13.1. The van der Waals surface area contributed by atoms with Gasteiger partial charge in [-0.3, -0.25) is 4.90 Å². The van der Waals surface area contributed by atoms with Crippen LogP contribution in [0.5, 0.6) is 0 Å². The summed E-state index contributed by atoms with van der Waals surface area (Å²) in [6.07, 6.45) is 1.06. The minimum atomic E-state index is -0.0164. The van der Waals surface area contributed by atoms with Crippen LogP contribution < -0.4 is 0 Å². The van der Waals surface area contributed by atoms with Gasteiger partial charge in [-0.1, -0.05) is 43.3 Å². The second-order valence-electron chi connectivity index (χ2n) is 5.78. The van der Waals surface area contributed by atoms with Gasteiger partial charge in [0.1, 0.15) is 0 Å². The zero-order valence-corrected chi connectivity index (χ0v) is 13.2. The van der Waals surface area contributed by atoms with Crippen molar-refractivity contribution in [1.82, 2.24) is 9.88 Å². The molecule has 0 saturated carbocycles. The highest BCUT2D eigenvalue weighted by atomic mass is 16.3. The lowest BCUT2D eigenvalue weighted by atomic mass is 10.0. The Kier molecular flexibility index (Phi) is 4.36. The summed E-state index contributed by atoms with van der Waals surface area (Å²) >= 11 is 0. The minimum Gasteiger partial charge on any atom is -0.394 e. The Morgan fingerprint density at radius 2 is 1.86 bits per heavy atom. The van der Waals surface area contributed by atoms with E-state index in [1.165, 1.54) is 0 Å². The van der Waals surface area contributed by atoms with E-state index in [0.29, 0.717) is 0 Å². The zero-order chi connectivity index (χ0) is 15.5. The van der Waals surface area contributed by atoms with E-state index in [9.17, 15) is 5.11 Å². The first-order valence-electron chi connectivity index (χ1n) is 7.84. The van der Waals surface area contributed by atoms with Crippen LogP contribution in [0.2, 0.25) is 0 Å². The molecule has 0 aliphatic rings. The van der Waals surface area contributed by atoms with Crippen molar-refractivity contribution >= 4 is 21.8 Å². The van der Waals surface area contributed by atoms with Crippen LogP contribution in [-0.2, 0) is 0 Å². The summed E-state index contributed by atoms with van der Waals surface area (Å²) in [7, 11) is 2.06. The number of aliphatic hydroxyl groups is 1. The molecular formula is C19H22N2O. The monoisotopic (exact) mass is 294 g/mol. The summed E-state index contributed by atoms with van der Waals surface area (Å²) in [4.78, 5) is 7.05. The van der Waals surface area contributed by atoms with Crippen LogP contribution in [0.4, 0.5) is 0 Å². The summed E-state index contributed by atoms with van der Waals surface area (Å²) in [5.41, 5.74) is 3.09. The second kappa shape index (κ2) is 6.42. The molecule has 0 radical (unpaired) electrons. The van der Waals surface area contributed by atoms with Crippen molar-refractivity contribution in [2.45, 2.75) is 19.4 Å². The number of aromatic nitrogens is 1. The predicted octanol–water partition coefficient (Wildman–Crippen LogP) is 3.76. The molecule has 0 amide bonds. The summed E-state index contributed by atoms with van der Waals surface area (Å²) in [5.74, 6) is 0. The molecule has 1 aromatic heterocycles. The smallest absolute Gasteiger partial charge is 0.0758 e. The quantitative estimate of drug-likeness (QED) is 0.728. The maximum atomic E-state index is 9.88. The summed E-state index contributed by atoms with van der Waals surface area (Å²) in [6, 6.07) is 16.5. The van der Waals surface area contributed by atoms with Gasteiger partial charge in [0.2, 0.25) is 0 Å².